The van der Waals surface area contributed by atoms with E-state index >= 15 is 0 Å². The van der Waals surface area contributed by atoms with Gasteiger partial charge in [0, 0.05) is 5.57 Å². The van der Waals surface area contributed by atoms with Crippen molar-refractivity contribution >= 4 is 0 Å². The van der Waals surface area contributed by atoms with Crippen molar-refractivity contribution in [3.63, 3.8) is 0 Å². The lowest BCUT2D eigenvalue weighted by Gasteiger charge is -2.05. The Morgan fingerprint density at radius 2 is 1.50 bits per heavy atom. The van der Waals surface area contributed by atoms with Gasteiger partial charge in [-0.3, -0.25) is 0 Å². The smallest absolute Gasteiger partial charge is 0.166 e. The molecule has 0 fully saturated rings. The van der Waals surface area contributed by atoms with Crippen LogP contribution in [0.15, 0.2) is 23.8 Å². The van der Waals surface area contributed by atoms with Crippen LogP contribution in [0.5, 0.6) is 0 Å². The first-order chi connectivity index (χ1) is 5.34. The Bertz CT molecular complexity index is 163. The van der Waals surface area contributed by atoms with Gasteiger partial charge < -0.3 is 0 Å². The molecule has 3 heteroatoms. The molecular weight excluding hydrogens is 165 g/mol. The van der Waals surface area contributed by atoms with Crippen LogP contribution in [0.25, 0.3) is 0 Å². The van der Waals surface area contributed by atoms with Gasteiger partial charge >= 0.3 is 6.18 Å². The van der Waals surface area contributed by atoms with E-state index in [9.17, 15) is 13.2 Å². The van der Waals surface area contributed by atoms with Gasteiger partial charge in [0.2, 0.25) is 0 Å². The highest BCUT2D eigenvalue weighted by Gasteiger charge is 2.29. The van der Waals surface area contributed by atoms with Crippen LogP contribution in [-0.2, 0) is 0 Å². The second kappa shape index (κ2) is 5.86. The topological polar surface area (TPSA) is 0 Å². The molecule has 0 amide bonds. The summed E-state index contributed by atoms with van der Waals surface area (Å²) in [6, 6.07) is 0. The summed E-state index contributed by atoms with van der Waals surface area (Å²) < 4.78 is 35.1. The molecule has 0 aromatic heterocycles. The predicted octanol–water partition coefficient (Wildman–Crippen LogP) is 4.10. The van der Waals surface area contributed by atoms with Crippen molar-refractivity contribution in [2.45, 2.75) is 33.9 Å². The number of rotatable bonds is 1. The van der Waals surface area contributed by atoms with Gasteiger partial charge in [0.1, 0.15) is 0 Å². The van der Waals surface area contributed by atoms with E-state index in [1.807, 2.05) is 13.8 Å². The van der Waals surface area contributed by atoms with E-state index in [1.54, 1.807) is 0 Å². The van der Waals surface area contributed by atoms with Crippen molar-refractivity contribution in [3.8, 4) is 0 Å². The Balaban J connectivity index is 0. The summed E-state index contributed by atoms with van der Waals surface area (Å²) in [5.74, 6) is 0. The molecule has 0 heterocycles. The molecule has 0 aromatic rings. The van der Waals surface area contributed by atoms with E-state index in [0.29, 0.717) is 5.57 Å². The van der Waals surface area contributed by atoms with E-state index in [2.05, 4.69) is 6.58 Å². The van der Waals surface area contributed by atoms with E-state index < -0.39 is 11.7 Å². The van der Waals surface area contributed by atoms with Gasteiger partial charge in [0.25, 0.3) is 0 Å². The molecule has 0 aliphatic heterocycles. The van der Waals surface area contributed by atoms with E-state index in [-0.39, 0.29) is 0 Å². The number of allylic oxidation sites excluding steroid dienone is 3. The molecule has 12 heavy (non-hydrogen) atoms. The highest BCUT2D eigenvalue weighted by molar-refractivity contribution is 5.20. The monoisotopic (exact) mass is 180 g/mol. The molecule has 0 nitrogen and oxygen atoms in total. The molecule has 0 aromatic carbocycles. The minimum atomic E-state index is -4.21. The van der Waals surface area contributed by atoms with Crippen molar-refractivity contribution in [1.29, 1.82) is 0 Å². The molecule has 0 N–H and O–H groups in total. The molecule has 0 bridgehead atoms. The number of hydrogen-bond donors (Lipinski definition) is 0. The van der Waals surface area contributed by atoms with Crippen molar-refractivity contribution in [2.75, 3.05) is 0 Å². The van der Waals surface area contributed by atoms with Crippen LogP contribution in [0.2, 0.25) is 0 Å². The van der Waals surface area contributed by atoms with Gasteiger partial charge in [0.15, 0.2) is 0 Å². The van der Waals surface area contributed by atoms with E-state index in [0.717, 1.165) is 13.0 Å². The van der Waals surface area contributed by atoms with Crippen LogP contribution in [-0.4, -0.2) is 6.18 Å². The first-order valence-corrected chi connectivity index (χ1v) is 3.75. The quantitative estimate of drug-likeness (QED) is 0.533. The molecule has 0 radical (unpaired) electrons. The van der Waals surface area contributed by atoms with Crippen LogP contribution in [0.1, 0.15) is 27.7 Å². The van der Waals surface area contributed by atoms with Crippen molar-refractivity contribution in [2.24, 2.45) is 0 Å². The van der Waals surface area contributed by atoms with Crippen molar-refractivity contribution < 1.29 is 13.2 Å². The van der Waals surface area contributed by atoms with Crippen LogP contribution in [0.4, 0.5) is 13.2 Å². The molecule has 0 aliphatic carbocycles. The molecule has 0 spiro atoms. The number of alkyl halides is 3. The first-order valence-electron chi connectivity index (χ1n) is 3.75. The van der Waals surface area contributed by atoms with Gasteiger partial charge in [0.05, 0.1) is 0 Å². The lowest BCUT2D eigenvalue weighted by Crippen LogP contribution is -2.08. The van der Waals surface area contributed by atoms with Crippen molar-refractivity contribution in [1.82, 2.24) is 0 Å². The third-order valence-electron chi connectivity index (χ3n) is 0.910. The molecule has 0 rings (SSSR count). The zero-order chi connectivity index (χ0) is 10.4. The highest BCUT2D eigenvalue weighted by Crippen LogP contribution is 2.25. The summed E-state index contributed by atoms with van der Waals surface area (Å²) in [6.07, 6.45) is -3.20. The Hall–Kier alpha value is -0.730. The highest BCUT2D eigenvalue weighted by atomic mass is 19.4. The zero-order valence-corrected chi connectivity index (χ0v) is 7.92. The average Bonchev–Trinajstić information content (AvgIpc) is 1.88. The largest absolute Gasteiger partial charge is 0.412 e. The third kappa shape index (κ3) is 7.38. The minimum absolute atomic E-state index is 0.412. The van der Waals surface area contributed by atoms with Crippen LogP contribution < -0.4 is 0 Å². The second-order valence-electron chi connectivity index (χ2n) is 2.17. The maximum Gasteiger partial charge on any atom is 0.412 e. The third-order valence-corrected chi connectivity index (χ3v) is 0.910. The van der Waals surface area contributed by atoms with Gasteiger partial charge in [-0.15, -0.1) is 0 Å². The SMILES string of the molecule is C=C(C)/C=C(\C)C(F)(F)F.CC. The van der Waals surface area contributed by atoms with Crippen LogP contribution in [0.3, 0.4) is 0 Å². The normalized spacial score (nSPS) is 11.8. The number of hydrogen-bond acceptors (Lipinski definition) is 0. The van der Waals surface area contributed by atoms with Crippen LogP contribution >= 0.6 is 0 Å². The Kier molecular flexibility index (Phi) is 6.76. The fourth-order valence-corrected chi connectivity index (χ4v) is 0.451. The molecule has 0 aliphatic rings. The van der Waals surface area contributed by atoms with Gasteiger partial charge in [-0.2, -0.15) is 13.2 Å². The maximum atomic E-state index is 11.7. The summed E-state index contributed by atoms with van der Waals surface area (Å²) in [5, 5.41) is 0. The molecule has 0 atom stereocenters. The van der Waals surface area contributed by atoms with E-state index in [4.69, 9.17) is 0 Å². The molecular formula is C9H15F3. The Labute approximate surface area is 71.8 Å². The molecule has 72 valence electrons. The summed E-state index contributed by atoms with van der Waals surface area (Å²) >= 11 is 0. The zero-order valence-electron chi connectivity index (χ0n) is 7.92. The fourth-order valence-electron chi connectivity index (χ4n) is 0.451. The molecule has 0 saturated heterocycles. The summed E-state index contributed by atoms with van der Waals surface area (Å²) in [7, 11) is 0. The molecule has 0 unspecified atom stereocenters. The summed E-state index contributed by atoms with van der Waals surface area (Å²) in [4.78, 5) is 0. The van der Waals surface area contributed by atoms with Gasteiger partial charge in [-0.05, 0) is 13.8 Å². The minimum Gasteiger partial charge on any atom is -0.166 e. The predicted molar refractivity (Wildman–Crippen MR) is 46.0 cm³/mol. The Morgan fingerprint density at radius 1 is 1.17 bits per heavy atom. The lowest BCUT2D eigenvalue weighted by molar-refractivity contribution is -0.0913. The standard InChI is InChI=1S/C7H9F3.C2H6/c1-5(2)4-6(3)7(8,9)10;1-2/h4H,1H2,2-3H3;1-2H3/b6-4+;. The van der Waals surface area contributed by atoms with Crippen LogP contribution in [0, 0.1) is 0 Å². The maximum absolute atomic E-state index is 11.7. The van der Waals surface area contributed by atoms with Gasteiger partial charge in [-0.25, -0.2) is 0 Å². The van der Waals surface area contributed by atoms with E-state index in [1.165, 1.54) is 6.92 Å². The first kappa shape index (κ1) is 13.8. The molecule has 0 saturated carbocycles. The summed E-state index contributed by atoms with van der Waals surface area (Å²) in [5.41, 5.74) is -0.199. The lowest BCUT2D eigenvalue weighted by atomic mass is 10.2. The Morgan fingerprint density at radius 3 is 1.58 bits per heavy atom. The second-order valence-corrected chi connectivity index (χ2v) is 2.17. The average molecular weight is 180 g/mol. The fraction of sp³-hybridized carbons (Fsp3) is 0.556. The summed E-state index contributed by atoms with van der Waals surface area (Å²) in [6.45, 7) is 9.88. The number of halogens is 3. The van der Waals surface area contributed by atoms with Gasteiger partial charge in [-0.1, -0.05) is 32.1 Å². The van der Waals surface area contributed by atoms with Crippen molar-refractivity contribution in [3.05, 3.63) is 23.8 Å².